The van der Waals surface area contributed by atoms with Crippen molar-refractivity contribution in [2.75, 3.05) is 0 Å². The summed E-state index contributed by atoms with van der Waals surface area (Å²) in [6, 6.07) is 58.2. The molecule has 0 heteroatoms. The molecule has 194 valence electrons. The molecule has 0 saturated heterocycles. The molecule has 42 heavy (non-hydrogen) atoms. The summed E-state index contributed by atoms with van der Waals surface area (Å²) in [6.07, 6.45) is 0. The van der Waals surface area contributed by atoms with Crippen molar-refractivity contribution < 1.29 is 0 Å². The van der Waals surface area contributed by atoms with Gasteiger partial charge in [-0.05, 0) is 105 Å². The van der Waals surface area contributed by atoms with Crippen molar-refractivity contribution in [2.24, 2.45) is 0 Å². The Kier molecular flexibility index (Phi) is 5.00. The minimum Gasteiger partial charge on any atom is -0.0616 e. The fourth-order valence-corrected chi connectivity index (χ4v) is 6.91. The van der Waals surface area contributed by atoms with Gasteiger partial charge in [0.2, 0.25) is 0 Å². The maximum atomic E-state index is 2.36. The Labute approximate surface area is 244 Å². The average Bonchev–Trinajstić information content (AvgIpc) is 3.06. The van der Waals surface area contributed by atoms with Gasteiger partial charge in [0.25, 0.3) is 0 Å². The van der Waals surface area contributed by atoms with Crippen LogP contribution in [0.3, 0.4) is 0 Å². The van der Waals surface area contributed by atoms with Gasteiger partial charge in [0.05, 0.1) is 0 Å². The van der Waals surface area contributed by atoms with Gasteiger partial charge >= 0.3 is 0 Å². The van der Waals surface area contributed by atoms with Crippen LogP contribution in [-0.2, 0) is 0 Å². The Morgan fingerprint density at radius 3 is 1.69 bits per heavy atom. The van der Waals surface area contributed by atoms with E-state index in [0.717, 1.165) is 0 Å². The molecular formula is C42H26. The highest BCUT2D eigenvalue weighted by atomic mass is 14.2. The van der Waals surface area contributed by atoms with Crippen molar-refractivity contribution in [3.63, 3.8) is 0 Å². The zero-order valence-electron chi connectivity index (χ0n) is 23.0. The van der Waals surface area contributed by atoms with Gasteiger partial charge in [0, 0.05) is 0 Å². The second kappa shape index (κ2) is 9.03. The summed E-state index contributed by atoms with van der Waals surface area (Å²) in [5, 5.41) is 13.0. The lowest BCUT2D eigenvalue weighted by atomic mass is 9.89. The smallest absolute Gasteiger partial charge is 0.00206 e. The molecule has 0 saturated carbocycles. The molecule has 0 amide bonds. The van der Waals surface area contributed by atoms with Crippen LogP contribution in [0.1, 0.15) is 0 Å². The van der Waals surface area contributed by atoms with E-state index in [1.807, 2.05) is 0 Å². The Balaban J connectivity index is 1.20. The molecule has 0 fully saturated rings. The summed E-state index contributed by atoms with van der Waals surface area (Å²) >= 11 is 0. The SMILES string of the molecule is c1cc(-c2ccc3cccc(-c4ccc5ccccc5c4)c3c2)cc(-c2ccc3ccc4cccc5ccc2c3c45)c1. The fourth-order valence-electron chi connectivity index (χ4n) is 6.91. The predicted molar refractivity (Wildman–Crippen MR) is 181 cm³/mol. The zero-order valence-corrected chi connectivity index (χ0v) is 23.0. The molecule has 9 rings (SSSR count). The van der Waals surface area contributed by atoms with E-state index in [4.69, 9.17) is 0 Å². The molecule has 0 aliphatic rings. The topological polar surface area (TPSA) is 0 Å². The summed E-state index contributed by atoms with van der Waals surface area (Å²) in [7, 11) is 0. The summed E-state index contributed by atoms with van der Waals surface area (Å²) in [6.45, 7) is 0. The van der Waals surface area contributed by atoms with E-state index >= 15 is 0 Å². The first-order valence-electron chi connectivity index (χ1n) is 14.6. The highest BCUT2D eigenvalue weighted by Gasteiger charge is 2.13. The van der Waals surface area contributed by atoms with E-state index in [1.54, 1.807) is 0 Å². The van der Waals surface area contributed by atoms with Crippen LogP contribution in [0.15, 0.2) is 158 Å². The van der Waals surface area contributed by atoms with Gasteiger partial charge < -0.3 is 0 Å². The lowest BCUT2D eigenvalue weighted by molar-refractivity contribution is 1.62. The lowest BCUT2D eigenvalue weighted by Crippen LogP contribution is -1.88. The minimum atomic E-state index is 1.23. The fraction of sp³-hybridized carbons (Fsp3) is 0. The van der Waals surface area contributed by atoms with Crippen molar-refractivity contribution in [3.05, 3.63) is 158 Å². The average molecular weight is 531 g/mol. The predicted octanol–water partition coefficient (Wildman–Crippen LogP) is 11.9. The van der Waals surface area contributed by atoms with E-state index in [9.17, 15) is 0 Å². The monoisotopic (exact) mass is 530 g/mol. The van der Waals surface area contributed by atoms with Gasteiger partial charge in [0.1, 0.15) is 0 Å². The second-order valence-corrected chi connectivity index (χ2v) is 11.4. The Morgan fingerprint density at radius 1 is 0.238 bits per heavy atom. The van der Waals surface area contributed by atoms with Crippen molar-refractivity contribution in [1.82, 2.24) is 0 Å². The molecule has 0 atom stereocenters. The van der Waals surface area contributed by atoms with E-state index < -0.39 is 0 Å². The summed E-state index contributed by atoms with van der Waals surface area (Å²) in [5.74, 6) is 0. The molecule has 0 aromatic heterocycles. The molecule has 0 nitrogen and oxygen atoms in total. The van der Waals surface area contributed by atoms with Gasteiger partial charge in [-0.1, -0.05) is 140 Å². The molecule has 0 heterocycles. The van der Waals surface area contributed by atoms with Crippen LogP contribution >= 0.6 is 0 Å². The number of rotatable bonds is 3. The van der Waals surface area contributed by atoms with Crippen LogP contribution in [0.4, 0.5) is 0 Å². The normalized spacial score (nSPS) is 11.8. The van der Waals surface area contributed by atoms with Gasteiger partial charge in [0.15, 0.2) is 0 Å². The van der Waals surface area contributed by atoms with E-state index in [1.165, 1.54) is 87.2 Å². The van der Waals surface area contributed by atoms with Gasteiger partial charge in [-0.2, -0.15) is 0 Å². The third kappa shape index (κ3) is 3.56. The van der Waals surface area contributed by atoms with E-state index in [-0.39, 0.29) is 0 Å². The number of hydrogen-bond acceptors (Lipinski definition) is 0. The molecular weight excluding hydrogens is 504 g/mol. The molecule has 0 radical (unpaired) electrons. The molecule has 0 unspecified atom stereocenters. The summed E-state index contributed by atoms with van der Waals surface area (Å²) in [4.78, 5) is 0. The first-order chi connectivity index (χ1) is 20.8. The van der Waals surface area contributed by atoms with Crippen molar-refractivity contribution >= 4 is 53.9 Å². The Hall–Kier alpha value is -5.46. The highest BCUT2D eigenvalue weighted by Crippen LogP contribution is 2.40. The molecule has 9 aromatic rings. The van der Waals surface area contributed by atoms with Crippen LogP contribution in [0.2, 0.25) is 0 Å². The molecule has 0 spiro atoms. The third-order valence-electron chi connectivity index (χ3n) is 8.98. The van der Waals surface area contributed by atoms with Crippen molar-refractivity contribution in [3.8, 4) is 33.4 Å². The molecule has 0 aliphatic heterocycles. The quantitative estimate of drug-likeness (QED) is 0.199. The standard InChI is InChI=1S/C42H26/c1-2-7-32-24-36(19-14-27(32)6-1)37-13-5-8-28-15-18-34(26-40(28)37)33-11-4-12-35(25-33)38-22-20-31-17-16-29-9-3-10-30-21-23-39(38)42(31)41(29)30/h1-26H. The third-order valence-corrected chi connectivity index (χ3v) is 8.98. The first-order valence-corrected chi connectivity index (χ1v) is 14.6. The molecule has 0 N–H and O–H groups in total. The molecule has 9 aromatic carbocycles. The van der Waals surface area contributed by atoms with E-state index in [0.29, 0.717) is 0 Å². The number of fused-ring (bicyclic) bond motifs is 2. The maximum Gasteiger partial charge on any atom is -0.00206 e. The highest BCUT2D eigenvalue weighted by molar-refractivity contribution is 6.25. The largest absolute Gasteiger partial charge is 0.0616 e. The summed E-state index contributed by atoms with van der Waals surface area (Å²) < 4.78 is 0. The van der Waals surface area contributed by atoms with Crippen LogP contribution in [-0.4, -0.2) is 0 Å². The molecule has 0 aliphatic carbocycles. The van der Waals surface area contributed by atoms with Gasteiger partial charge in [-0.25, -0.2) is 0 Å². The molecule has 0 bridgehead atoms. The Bertz CT molecular complexity index is 2450. The minimum absolute atomic E-state index is 1.23. The van der Waals surface area contributed by atoms with Crippen LogP contribution in [0, 0.1) is 0 Å². The number of hydrogen-bond donors (Lipinski definition) is 0. The Morgan fingerprint density at radius 2 is 0.786 bits per heavy atom. The maximum absolute atomic E-state index is 2.36. The van der Waals surface area contributed by atoms with Crippen LogP contribution < -0.4 is 0 Å². The zero-order chi connectivity index (χ0) is 27.6. The van der Waals surface area contributed by atoms with Gasteiger partial charge in [-0.3, -0.25) is 0 Å². The van der Waals surface area contributed by atoms with Crippen LogP contribution in [0.5, 0.6) is 0 Å². The van der Waals surface area contributed by atoms with Crippen molar-refractivity contribution in [1.29, 1.82) is 0 Å². The van der Waals surface area contributed by atoms with Crippen LogP contribution in [0.25, 0.3) is 87.2 Å². The first kappa shape index (κ1) is 23.3. The lowest BCUT2D eigenvalue weighted by Gasteiger charge is -2.15. The van der Waals surface area contributed by atoms with Crippen molar-refractivity contribution in [2.45, 2.75) is 0 Å². The van der Waals surface area contributed by atoms with E-state index in [2.05, 4.69) is 158 Å². The number of benzene rings is 9. The van der Waals surface area contributed by atoms with Gasteiger partial charge in [-0.15, -0.1) is 0 Å². The summed E-state index contributed by atoms with van der Waals surface area (Å²) in [5.41, 5.74) is 7.50. The second-order valence-electron chi connectivity index (χ2n) is 11.4.